The molecule has 0 spiro atoms. The molecule has 0 radical (unpaired) electrons. The summed E-state index contributed by atoms with van der Waals surface area (Å²) in [5, 5.41) is 0. The zero-order valence-electron chi connectivity index (χ0n) is 13.9. The van der Waals surface area contributed by atoms with E-state index in [-0.39, 0.29) is 0 Å². The van der Waals surface area contributed by atoms with Gasteiger partial charge in [-0.2, -0.15) is 0 Å². The van der Waals surface area contributed by atoms with Crippen molar-refractivity contribution in [2.75, 3.05) is 0 Å². The van der Waals surface area contributed by atoms with E-state index in [4.69, 9.17) is 0 Å². The molecule has 0 bridgehead atoms. The molecule has 1 aliphatic carbocycles. The Balaban J connectivity index is -0.000000328. The molecule has 0 aromatic rings. The summed E-state index contributed by atoms with van der Waals surface area (Å²) in [7, 11) is 0. The topological polar surface area (TPSA) is 0 Å². The molecule has 0 heterocycles. The van der Waals surface area contributed by atoms with Crippen LogP contribution in [0.2, 0.25) is 0 Å². The average molecular weight is 250 g/mol. The Morgan fingerprint density at radius 3 is 1.94 bits per heavy atom. The minimum absolute atomic E-state index is 1.18. The predicted molar refractivity (Wildman–Crippen MR) is 89.1 cm³/mol. The first-order chi connectivity index (χ1) is 8.88. The molecule has 1 rings (SSSR count). The largest absolute Gasteiger partial charge is 0.0877 e. The highest BCUT2D eigenvalue weighted by Gasteiger charge is 2.03. The lowest BCUT2D eigenvalue weighted by molar-refractivity contribution is 0.966. The Morgan fingerprint density at radius 2 is 1.50 bits per heavy atom. The van der Waals surface area contributed by atoms with Crippen molar-refractivity contribution in [1.82, 2.24) is 0 Å². The summed E-state index contributed by atoms with van der Waals surface area (Å²) < 4.78 is 0. The Morgan fingerprint density at radius 1 is 0.944 bits per heavy atom. The molecule has 0 saturated heterocycles. The smallest absolute Gasteiger partial charge is 0.0238 e. The predicted octanol–water partition coefficient (Wildman–Crippen LogP) is 6.86. The normalized spacial score (nSPS) is 17.3. The van der Waals surface area contributed by atoms with Crippen molar-refractivity contribution in [3.05, 3.63) is 47.6 Å². The lowest BCUT2D eigenvalue weighted by Gasteiger charge is -2.11. The van der Waals surface area contributed by atoms with Gasteiger partial charge >= 0.3 is 0 Å². The lowest BCUT2D eigenvalue weighted by Crippen LogP contribution is -1.91. The van der Waals surface area contributed by atoms with E-state index in [1.54, 1.807) is 0 Å². The SMILES string of the molecule is CC.CC.CC.C\C=C/C=C1/CCC=C/C1=C/C. The van der Waals surface area contributed by atoms with E-state index in [1.165, 1.54) is 24.0 Å². The zero-order chi connectivity index (χ0) is 14.8. The number of allylic oxidation sites excluding steroid dienone is 8. The average Bonchev–Trinajstić information content (AvgIpc) is 2.51. The van der Waals surface area contributed by atoms with Crippen LogP contribution in [0.5, 0.6) is 0 Å². The van der Waals surface area contributed by atoms with Gasteiger partial charge in [-0.15, -0.1) is 0 Å². The highest BCUT2D eigenvalue weighted by atomic mass is 14.1. The Kier molecular flexibility index (Phi) is 26.2. The van der Waals surface area contributed by atoms with E-state index in [0.29, 0.717) is 0 Å². The first-order valence-electron chi connectivity index (χ1n) is 7.53. The van der Waals surface area contributed by atoms with Gasteiger partial charge in [0.2, 0.25) is 0 Å². The van der Waals surface area contributed by atoms with Crippen molar-refractivity contribution in [3.8, 4) is 0 Å². The van der Waals surface area contributed by atoms with Crippen molar-refractivity contribution in [2.45, 2.75) is 68.2 Å². The fourth-order valence-corrected chi connectivity index (χ4v) is 1.37. The van der Waals surface area contributed by atoms with Crippen LogP contribution in [0.25, 0.3) is 0 Å². The number of hydrogen-bond donors (Lipinski definition) is 0. The van der Waals surface area contributed by atoms with Crippen LogP contribution in [0.1, 0.15) is 68.2 Å². The quantitative estimate of drug-likeness (QED) is 0.476. The summed E-state index contributed by atoms with van der Waals surface area (Å²) in [6.45, 7) is 16.1. The van der Waals surface area contributed by atoms with E-state index < -0.39 is 0 Å². The first kappa shape index (κ1) is 22.2. The minimum Gasteiger partial charge on any atom is -0.0877 e. The van der Waals surface area contributed by atoms with Crippen LogP contribution < -0.4 is 0 Å². The molecule has 0 saturated carbocycles. The molecule has 1 aliphatic rings. The maximum atomic E-state index is 2.24. The van der Waals surface area contributed by atoms with Crippen LogP contribution in [0.3, 0.4) is 0 Å². The van der Waals surface area contributed by atoms with E-state index in [2.05, 4.69) is 43.4 Å². The Labute approximate surface area is 116 Å². The fourth-order valence-electron chi connectivity index (χ4n) is 1.37. The summed E-state index contributed by atoms with van der Waals surface area (Å²) in [5.74, 6) is 0. The first-order valence-corrected chi connectivity index (χ1v) is 7.53. The van der Waals surface area contributed by atoms with Gasteiger partial charge in [-0.05, 0) is 37.8 Å². The van der Waals surface area contributed by atoms with Crippen molar-refractivity contribution < 1.29 is 0 Å². The summed E-state index contributed by atoms with van der Waals surface area (Å²) in [6, 6.07) is 0. The number of rotatable bonds is 1. The summed E-state index contributed by atoms with van der Waals surface area (Å²) in [4.78, 5) is 0. The second kappa shape index (κ2) is 21.3. The van der Waals surface area contributed by atoms with Gasteiger partial charge < -0.3 is 0 Å². The summed E-state index contributed by atoms with van der Waals surface area (Å²) >= 11 is 0. The molecule has 0 aromatic heterocycles. The van der Waals surface area contributed by atoms with Crippen LogP contribution in [0, 0.1) is 0 Å². The Bertz CT molecular complexity index is 249. The van der Waals surface area contributed by atoms with E-state index in [1.807, 2.05) is 48.5 Å². The molecule has 0 unspecified atom stereocenters. The van der Waals surface area contributed by atoms with Gasteiger partial charge in [0.1, 0.15) is 0 Å². The lowest BCUT2D eigenvalue weighted by atomic mass is 9.95. The van der Waals surface area contributed by atoms with Crippen molar-refractivity contribution in [1.29, 1.82) is 0 Å². The molecule has 0 fully saturated rings. The molecule has 0 aliphatic heterocycles. The van der Waals surface area contributed by atoms with Crippen molar-refractivity contribution >= 4 is 0 Å². The van der Waals surface area contributed by atoms with Crippen LogP contribution in [0.15, 0.2) is 47.6 Å². The van der Waals surface area contributed by atoms with Gasteiger partial charge in [0, 0.05) is 0 Å². The third kappa shape index (κ3) is 11.4. The standard InChI is InChI=1S/C12H16.3C2H6/c1-3-5-8-12-10-7-6-9-11(12)4-2;3*1-2/h3-6,8-9H,7,10H2,1-2H3;3*1-2H3/b5-3-,11-4-,12-8-;;;. The summed E-state index contributed by atoms with van der Waals surface area (Å²) in [5.41, 5.74) is 2.83. The third-order valence-corrected chi connectivity index (χ3v) is 2.05. The molecular weight excluding hydrogens is 216 g/mol. The van der Waals surface area contributed by atoms with E-state index >= 15 is 0 Å². The maximum Gasteiger partial charge on any atom is -0.0238 e. The molecule has 0 heteroatoms. The van der Waals surface area contributed by atoms with Gasteiger partial charge in [0.25, 0.3) is 0 Å². The summed E-state index contributed by atoms with van der Waals surface area (Å²) in [6.07, 6.45) is 15.4. The molecule has 106 valence electrons. The van der Waals surface area contributed by atoms with Crippen molar-refractivity contribution in [3.63, 3.8) is 0 Å². The molecule has 0 aromatic carbocycles. The second-order valence-corrected chi connectivity index (χ2v) is 2.90. The molecule has 0 atom stereocenters. The fraction of sp³-hybridized carbons (Fsp3) is 0.556. The van der Waals surface area contributed by atoms with Gasteiger partial charge in [0.05, 0.1) is 0 Å². The monoisotopic (exact) mass is 250 g/mol. The second-order valence-electron chi connectivity index (χ2n) is 2.90. The van der Waals surface area contributed by atoms with Crippen LogP contribution >= 0.6 is 0 Å². The van der Waals surface area contributed by atoms with Gasteiger partial charge in [-0.3, -0.25) is 0 Å². The van der Waals surface area contributed by atoms with Crippen LogP contribution in [0.4, 0.5) is 0 Å². The minimum atomic E-state index is 1.18. The molecule has 0 nitrogen and oxygen atoms in total. The molecule has 0 N–H and O–H groups in total. The Hall–Kier alpha value is -1.04. The van der Waals surface area contributed by atoms with Gasteiger partial charge in [0.15, 0.2) is 0 Å². The highest BCUT2D eigenvalue weighted by Crippen LogP contribution is 2.22. The maximum absolute atomic E-state index is 2.24. The van der Waals surface area contributed by atoms with Crippen molar-refractivity contribution in [2.24, 2.45) is 0 Å². The van der Waals surface area contributed by atoms with E-state index in [0.717, 1.165) is 0 Å². The van der Waals surface area contributed by atoms with Crippen LogP contribution in [-0.4, -0.2) is 0 Å². The van der Waals surface area contributed by atoms with Gasteiger partial charge in [-0.1, -0.05) is 78.0 Å². The van der Waals surface area contributed by atoms with E-state index in [9.17, 15) is 0 Å². The number of hydrogen-bond acceptors (Lipinski definition) is 0. The third-order valence-electron chi connectivity index (χ3n) is 2.05. The highest BCUT2D eigenvalue weighted by molar-refractivity contribution is 5.43. The van der Waals surface area contributed by atoms with Gasteiger partial charge in [-0.25, -0.2) is 0 Å². The molecule has 18 heavy (non-hydrogen) atoms. The van der Waals surface area contributed by atoms with Crippen LogP contribution in [-0.2, 0) is 0 Å². The zero-order valence-corrected chi connectivity index (χ0v) is 13.9. The molecular formula is C18H34. The molecule has 0 amide bonds.